The number of hydrogen-bond acceptors (Lipinski definition) is 2. The molecule has 1 N–H and O–H groups in total. The van der Waals surface area contributed by atoms with E-state index in [9.17, 15) is 8.78 Å². The van der Waals surface area contributed by atoms with E-state index in [1.165, 1.54) is 0 Å². The highest BCUT2D eigenvalue weighted by atomic mass is 19.3. The number of likely N-dealkylation sites (tertiary alicyclic amines) is 1. The van der Waals surface area contributed by atoms with Crippen molar-refractivity contribution in [2.24, 2.45) is 0 Å². The highest BCUT2D eigenvalue weighted by molar-refractivity contribution is 5.00. The highest BCUT2D eigenvalue weighted by Gasteiger charge is 2.51. The minimum atomic E-state index is -2.63. The molecule has 0 aromatic heterocycles. The number of alkyl halides is 2. The van der Waals surface area contributed by atoms with Crippen LogP contribution in [0.4, 0.5) is 8.78 Å². The molecule has 4 heteroatoms. The molecule has 1 aliphatic rings. The van der Waals surface area contributed by atoms with E-state index in [1.807, 2.05) is 20.8 Å². The summed E-state index contributed by atoms with van der Waals surface area (Å²) < 4.78 is 25.8. The van der Waals surface area contributed by atoms with Crippen LogP contribution in [0, 0.1) is 0 Å². The van der Waals surface area contributed by atoms with E-state index in [0.717, 1.165) is 0 Å². The zero-order chi connectivity index (χ0) is 11.4. The van der Waals surface area contributed by atoms with Crippen molar-refractivity contribution in [3.8, 4) is 0 Å². The summed E-state index contributed by atoms with van der Waals surface area (Å²) in [6.07, 6.45) is 0.346. The molecule has 0 bridgehead atoms. The van der Waals surface area contributed by atoms with Gasteiger partial charge in [-0.2, -0.15) is 0 Å². The average Bonchev–Trinajstić information content (AvgIpc) is 2.40. The van der Waals surface area contributed by atoms with Gasteiger partial charge in [0, 0.05) is 12.0 Å². The first-order chi connectivity index (χ1) is 6.46. The second-order valence-electron chi connectivity index (χ2n) is 3.62. The fourth-order valence-corrected chi connectivity index (χ4v) is 1.87. The molecule has 0 aliphatic carbocycles. The van der Waals surface area contributed by atoms with E-state index in [0.29, 0.717) is 6.42 Å². The third kappa shape index (κ3) is 2.64. The van der Waals surface area contributed by atoms with E-state index in [4.69, 9.17) is 5.11 Å². The monoisotopic (exact) mass is 209 g/mol. The molecule has 0 saturated carbocycles. The first-order valence-electron chi connectivity index (χ1n) is 5.16. The quantitative estimate of drug-likeness (QED) is 0.753. The molecule has 0 amide bonds. The van der Waals surface area contributed by atoms with Gasteiger partial charge in [0.25, 0.3) is 5.92 Å². The Morgan fingerprint density at radius 1 is 1.36 bits per heavy atom. The van der Waals surface area contributed by atoms with Crippen LogP contribution >= 0.6 is 0 Å². The van der Waals surface area contributed by atoms with E-state index in [1.54, 1.807) is 11.9 Å². The van der Waals surface area contributed by atoms with Gasteiger partial charge in [0.05, 0.1) is 13.2 Å². The minimum Gasteiger partial charge on any atom is -0.394 e. The van der Waals surface area contributed by atoms with Crippen molar-refractivity contribution in [3.05, 3.63) is 0 Å². The molecule has 1 saturated heterocycles. The van der Waals surface area contributed by atoms with Crippen molar-refractivity contribution >= 4 is 0 Å². The van der Waals surface area contributed by atoms with Crippen LogP contribution < -0.4 is 0 Å². The molecule has 1 fully saturated rings. The maximum absolute atomic E-state index is 12.9. The largest absolute Gasteiger partial charge is 0.394 e. The number of nitrogens with zero attached hydrogens (tertiary/aromatic N) is 1. The molecule has 1 atom stereocenters. The molecule has 0 aromatic carbocycles. The molecule has 0 spiro atoms. The topological polar surface area (TPSA) is 23.5 Å². The van der Waals surface area contributed by atoms with Crippen LogP contribution in [-0.2, 0) is 0 Å². The van der Waals surface area contributed by atoms with Crippen LogP contribution in [0.15, 0.2) is 0 Å². The number of aliphatic hydroxyl groups is 1. The van der Waals surface area contributed by atoms with E-state index < -0.39 is 11.5 Å². The van der Waals surface area contributed by atoms with Gasteiger partial charge < -0.3 is 5.11 Å². The van der Waals surface area contributed by atoms with Crippen LogP contribution in [0.5, 0.6) is 0 Å². The van der Waals surface area contributed by atoms with Crippen molar-refractivity contribution in [2.45, 2.75) is 45.1 Å². The third-order valence-corrected chi connectivity index (χ3v) is 2.82. The van der Waals surface area contributed by atoms with Crippen molar-refractivity contribution in [3.63, 3.8) is 0 Å². The molecule has 0 radical (unpaired) electrons. The molecular weight excluding hydrogens is 188 g/mol. The van der Waals surface area contributed by atoms with E-state index >= 15 is 0 Å². The Bertz CT molecular complexity index is 170. The zero-order valence-electron chi connectivity index (χ0n) is 9.48. The predicted octanol–water partition coefficient (Wildman–Crippen LogP) is 2.12. The Labute approximate surface area is 84.9 Å². The van der Waals surface area contributed by atoms with Gasteiger partial charge in [-0.25, -0.2) is 8.78 Å². The van der Waals surface area contributed by atoms with Gasteiger partial charge in [-0.1, -0.05) is 20.8 Å². The Hall–Kier alpha value is -0.220. The molecular formula is C10H21F2NO. The lowest BCUT2D eigenvalue weighted by atomic mass is 9.93. The molecule has 14 heavy (non-hydrogen) atoms. The molecule has 1 aliphatic heterocycles. The van der Waals surface area contributed by atoms with Crippen LogP contribution in [-0.4, -0.2) is 41.7 Å². The second-order valence-corrected chi connectivity index (χ2v) is 3.62. The number of rotatable bonds is 2. The summed E-state index contributed by atoms with van der Waals surface area (Å²) in [5, 5.41) is 9.04. The summed E-state index contributed by atoms with van der Waals surface area (Å²) in [6, 6.07) is 0. The fraction of sp³-hybridized carbons (Fsp3) is 1.00. The van der Waals surface area contributed by atoms with E-state index in [-0.39, 0.29) is 19.6 Å². The fourth-order valence-electron chi connectivity index (χ4n) is 1.87. The Morgan fingerprint density at radius 3 is 2.00 bits per heavy atom. The minimum absolute atomic E-state index is 0.185. The van der Waals surface area contributed by atoms with Gasteiger partial charge in [0.1, 0.15) is 0 Å². The summed E-state index contributed by atoms with van der Waals surface area (Å²) >= 11 is 0. The van der Waals surface area contributed by atoms with Crippen molar-refractivity contribution < 1.29 is 13.9 Å². The van der Waals surface area contributed by atoms with Crippen molar-refractivity contribution in [2.75, 3.05) is 20.2 Å². The lowest BCUT2D eigenvalue weighted by molar-refractivity contribution is 0.00999. The summed E-state index contributed by atoms with van der Waals surface area (Å²) in [7, 11) is 1.64. The Morgan fingerprint density at radius 2 is 1.86 bits per heavy atom. The maximum atomic E-state index is 12.9. The first-order valence-corrected chi connectivity index (χ1v) is 5.16. The molecule has 2 nitrogen and oxygen atoms in total. The number of likely N-dealkylation sites (N-methyl/N-ethyl adjacent to an activating group) is 1. The maximum Gasteiger partial charge on any atom is 0.262 e. The molecule has 86 valence electrons. The number of aliphatic hydroxyl groups excluding tert-OH is 1. The molecule has 1 unspecified atom stereocenters. The van der Waals surface area contributed by atoms with Crippen molar-refractivity contribution in [1.82, 2.24) is 4.90 Å². The van der Waals surface area contributed by atoms with E-state index in [2.05, 4.69) is 0 Å². The van der Waals surface area contributed by atoms with Gasteiger partial charge in [-0.3, -0.25) is 4.90 Å². The second kappa shape index (κ2) is 5.03. The Balaban J connectivity index is 0.000000791. The van der Waals surface area contributed by atoms with Crippen LogP contribution in [0.3, 0.4) is 0 Å². The lowest BCUT2D eigenvalue weighted by Gasteiger charge is -2.32. The van der Waals surface area contributed by atoms with Crippen LogP contribution in [0.2, 0.25) is 0 Å². The zero-order valence-corrected chi connectivity index (χ0v) is 9.48. The Kier molecular flexibility index (Phi) is 4.95. The van der Waals surface area contributed by atoms with Crippen LogP contribution in [0.1, 0.15) is 33.6 Å². The lowest BCUT2D eigenvalue weighted by Crippen LogP contribution is -2.43. The normalized spacial score (nSPS) is 31.1. The molecule has 1 heterocycles. The number of hydrogen-bond donors (Lipinski definition) is 1. The van der Waals surface area contributed by atoms with Gasteiger partial charge in [0.15, 0.2) is 0 Å². The van der Waals surface area contributed by atoms with Gasteiger partial charge in [-0.15, -0.1) is 0 Å². The summed E-state index contributed by atoms with van der Waals surface area (Å²) in [5.41, 5.74) is -0.691. The smallest absolute Gasteiger partial charge is 0.262 e. The van der Waals surface area contributed by atoms with Crippen LogP contribution in [0.25, 0.3) is 0 Å². The summed E-state index contributed by atoms with van der Waals surface area (Å²) in [5.74, 6) is -2.63. The SMILES string of the molecule is CC.CCC1(CO)CC(F)(F)CN1C. The molecule has 0 aromatic rings. The number of halogens is 2. The summed E-state index contributed by atoms with van der Waals surface area (Å²) in [4.78, 5) is 1.56. The van der Waals surface area contributed by atoms with Gasteiger partial charge in [0.2, 0.25) is 0 Å². The first kappa shape index (κ1) is 13.8. The predicted molar refractivity (Wildman–Crippen MR) is 53.6 cm³/mol. The van der Waals surface area contributed by atoms with Gasteiger partial charge in [-0.05, 0) is 13.5 Å². The van der Waals surface area contributed by atoms with Gasteiger partial charge >= 0.3 is 0 Å². The summed E-state index contributed by atoms with van der Waals surface area (Å²) in [6.45, 7) is 5.41. The van der Waals surface area contributed by atoms with Crippen molar-refractivity contribution in [1.29, 1.82) is 0 Å². The highest BCUT2D eigenvalue weighted by Crippen LogP contribution is 2.39. The third-order valence-electron chi connectivity index (χ3n) is 2.82. The molecule has 1 rings (SSSR count). The average molecular weight is 209 g/mol. The standard InChI is InChI=1S/C8H15F2NO.C2H6/c1-3-7(6-12)4-8(9,10)5-11(7)2;1-2/h12H,3-6H2,1-2H3;1-2H3.